The lowest BCUT2D eigenvalue weighted by atomic mass is 10.1. The minimum absolute atomic E-state index is 0. The van der Waals surface area contributed by atoms with Crippen LogP contribution in [-0.2, 0) is 10.0 Å². The molecule has 0 aliphatic carbocycles. The SMILES string of the molecule is COc1ccc(S(=O)(=O)N2CCCC(N)C2)c([N+](=O)[O-])c1.Cl. The number of rotatable bonds is 4. The number of benzene rings is 1. The lowest BCUT2D eigenvalue weighted by molar-refractivity contribution is -0.387. The van der Waals surface area contributed by atoms with Gasteiger partial charge in [0.2, 0.25) is 10.0 Å². The molecule has 1 fully saturated rings. The molecule has 2 rings (SSSR count). The van der Waals surface area contributed by atoms with Crippen LogP contribution in [-0.4, -0.2) is 43.9 Å². The summed E-state index contributed by atoms with van der Waals surface area (Å²) in [6.07, 6.45) is 1.39. The zero-order chi connectivity index (χ0) is 15.6. The Labute approximate surface area is 134 Å². The van der Waals surface area contributed by atoms with E-state index in [4.69, 9.17) is 10.5 Å². The van der Waals surface area contributed by atoms with Crippen LogP contribution in [0.15, 0.2) is 23.1 Å². The number of nitrogens with two attached hydrogens (primary N) is 1. The molecule has 10 heteroatoms. The van der Waals surface area contributed by atoms with E-state index in [-0.39, 0.29) is 35.6 Å². The van der Waals surface area contributed by atoms with Crippen LogP contribution in [0, 0.1) is 10.1 Å². The number of halogens is 1. The normalized spacial score (nSPS) is 19.3. The Hall–Kier alpha value is -1.42. The predicted octanol–water partition coefficient (Wildman–Crippen LogP) is 1.14. The zero-order valence-corrected chi connectivity index (χ0v) is 13.6. The van der Waals surface area contributed by atoms with Gasteiger partial charge in [-0.3, -0.25) is 10.1 Å². The van der Waals surface area contributed by atoms with Gasteiger partial charge in [-0.15, -0.1) is 12.4 Å². The highest BCUT2D eigenvalue weighted by atomic mass is 35.5. The third kappa shape index (κ3) is 3.67. The van der Waals surface area contributed by atoms with Crippen LogP contribution in [0.2, 0.25) is 0 Å². The second-order valence-corrected chi connectivity index (χ2v) is 6.76. The van der Waals surface area contributed by atoms with Gasteiger partial charge in [-0.2, -0.15) is 4.31 Å². The number of nitrogens with zero attached hydrogens (tertiary/aromatic N) is 2. The average molecular weight is 352 g/mol. The average Bonchev–Trinajstić information content (AvgIpc) is 2.46. The zero-order valence-electron chi connectivity index (χ0n) is 12.0. The van der Waals surface area contributed by atoms with Crippen molar-refractivity contribution in [1.82, 2.24) is 4.31 Å². The Balaban J connectivity index is 0.00000242. The van der Waals surface area contributed by atoms with E-state index in [1.54, 1.807) is 0 Å². The molecule has 124 valence electrons. The van der Waals surface area contributed by atoms with E-state index in [0.29, 0.717) is 13.0 Å². The summed E-state index contributed by atoms with van der Waals surface area (Å²) in [6.45, 7) is 0.491. The van der Waals surface area contributed by atoms with Crippen LogP contribution in [0.3, 0.4) is 0 Å². The molecule has 1 aromatic rings. The van der Waals surface area contributed by atoms with Crippen molar-refractivity contribution in [3.63, 3.8) is 0 Å². The van der Waals surface area contributed by atoms with Crippen molar-refractivity contribution >= 4 is 28.1 Å². The van der Waals surface area contributed by atoms with E-state index in [9.17, 15) is 18.5 Å². The minimum atomic E-state index is -3.94. The van der Waals surface area contributed by atoms with Crippen molar-refractivity contribution in [3.8, 4) is 5.75 Å². The fourth-order valence-corrected chi connectivity index (χ4v) is 3.99. The Bertz CT molecular complexity index is 652. The molecule has 1 saturated heterocycles. The Kier molecular flexibility index (Phi) is 6.12. The van der Waals surface area contributed by atoms with E-state index in [1.165, 1.54) is 23.5 Å². The fourth-order valence-electron chi connectivity index (χ4n) is 2.32. The molecule has 1 unspecified atom stereocenters. The Morgan fingerprint density at radius 1 is 1.45 bits per heavy atom. The van der Waals surface area contributed by atoms with Crippen LogP contribution in [0.5, 0.6) is 5.75 Å². The summed E-state index contributed by atoms with van der Waals surface area (Å²) >= 11 is 0. The Morgan fingerprint density at radius 2 is 2.14 bits per heavy atom. The maximum atomic E-state index is 12.6. The first-order valence-corrected chi connectivity index (χ1v) is 7.88. The van der Waals surface area contributed by atoms with Crippen molar-refractivity contribution in [2.45, 2.75) is 23.8 Å². The fraction of sp³-hybridized carbons (Fsp3) is 0.500. The Morgan fingerprint density at radius 3 is 2.68 bits per heavy atom. The quantitative estimate of drug-likeness (QED) is 0.642. The molecule has 1 aliphatic heterocycles. The number of methoxy groups -OCH3 is 1. The first-order chi connectivity index (χ1) is 9.86. The van der Waals surface area contributed by atoms with Crippen molar-refractivity contribution in [2.75, 3.05) is 20.2 Å². The highest BCUT2D eigenvalue weighted by molar-refractivity contribution is 7.89. The molecule has 22 heavy (non-hydrogen) atoms. The van der Waals surface area contributed by atoms with E-state index >= 15 is 0 Å². The molecule has 0 radical (unpaired) electrons. The van der Waals surface area contributed by atoms with Gasteiger partial charge in [0.05, 0.1) is 18.1 Å². The van der Waals surface area contributed by atoms with Crippen LogP contribution in [0.4, 0.5) is 5.69 Å². The maximum Gasteiger partial charge on any atom is 0.293 e. The summed E-state index contributed by atoms with van der Waals surface area (Å²) < 4.78 is 31.3. The number of nitro benzene ring substituents is 1. The second kappa shape index (κ2) is 7.23. The number of hydrogen-bond acceptors (Lipinski definition) is 6. The first kappa shape index (κ1) is 18.6. The molecule has 8 nitrogen and oxygen atoms in total. The van der Waals surface area contributed by atoms with Crippen LogP contribution in [0.25, 0.3) is 0 Å². The molecule has 0 bridgehead atoms. The van der Waals surface area contributed by atoms with Crippen molar-refractivity contribution < 1.29 is 18.1 Å². The van der Waals surface area contributed by atoms with Gasteiger partial charge in [0.25, 0.3) is 5.69 Å². The molecule has 0 spiro atoms. The van der Waals surface area contributed by atoms with Gasteiger partial charge in [0.15, 0.2) is 4.90 Å². The largest absolute Gasteiger partial charge is 0.497 e. The van der Waals surface area contributed by atoms with Crippen LogP contribution >= 0.6 is 12.4 Å². The van der Waals surface area contributed by atoms with Gasteiger partial charge >= 0.3 is 0 Å². The molecule has 2 N–H and O–H groups in total. The minimum Gasteiger partial charge on any atom is -0.497 e. The summed E-state index contributed by atoms with van der Waals surface area (Å²) in [6, 6.07) is 3.46. The molecule has 0 amide bonds. The summed E-state index contributed by atoms with van der Waals surface area (Å²) in [5.41, 5.74) is 5.29. The van der Waals surface area contributed by atoms with Gasteiger partial charge in [-0.25, -0.2) is 8.42 Å². The topological polar surface area (TPSA) is 116 Å². The molecule has 1 atom stereocenters. The third-order valence-electron chi connectivity index (χ3n) is 3.40. The lowest BCUT2D eigenvalue weighted by Crippen LogP contribution is -2.45. The highest BCUT2D eigenvalue weighted by Crippen LogP contribution is 2.31. The van der Waals surface area contributed by atoms with Gasteiger partial charge in [-0.05, 0) is 25.0 Å². The number of piperidine rings is 1. The van der Waals surface area contributed by atoms with Crippen molar-refractivity contribution in [2.24, 2.45) is 5.73 Å². The van der Waals surface area contributed by atoms with Gasteiger partial charge in [-0.1, -0.05) is 0 Å². The summed E-state index contributed by atoms with van der Waals surface area (Å²) in [5.74, 6) is 0.232. The lowest BCUT2D eigenvalue weighted by Gasteiger charge is -2.29. The van der Waals surface area contributed by atoms with E-state index < -0.39 is 20.6 Å². The maximum absolute atomic E-state index is 12.6. The number of nitro groups is 1. The van der Waals surface area contributed by atoms with Gasteiger partial charge in [0, 0.05) is 19.1 Å². The predicted molar refractivity (Wildman–Crippen MR) is 82.9 cm³/mol. The van der Waals surface area contributed by atoms with Crippen LogP contribution in [0.1, 0.15) is 12.8 Å². The number of hydrogen-bond donors (Lipinski definition) is 1. The van der Waals surface area contributed by atoms with E-state index in [2.05, 4.69) is 0 Å². The molecule has 1 aliphatic rings. The molecule has 1 heterocycles. The molecular formula is C12H18ClN3O5S. The summed E-state index contributed by atoms with van der Waals surface area (Å²) in [7, 11) is -2.58. The van der Waals surface area contributed by atoms with Crippen LogP contribution < -0.4 is 10.5 Å². The third-order valence-corrected chi connectivity index (χ3v) is 5.31. The van der Waals surface area contributed by atoms with Crippen molar-refractivity contribution in [1.29, 1.82) is 0 Å². The summed E-state index contributed by atoms with van der Waals surface area (Å²) in [5, 5.41) is 11.1. The molecule has 0 aromatic heterocycles. The van der Waals surface area contributed by atoms with E-state index in [1.807, 2.05) is 0 Å². The summed E-state index contributed by atoms with van der Waals surface area (Å²) in [4.78, 5) is 10.1. The number of ether oxygens (including phenoxy) is 1. The van der Waals surface area contributed by atoms with Gasteiger partial charge in [0.1, 0.15) is 5.75 Å². The second-order valence-electron chi connectivity index (χ2n) is 4.86. The standard InChI is InChI=1S/C12H17N3O5S.ClH/c1-20-10-4-5-12(11(7-10)15(16)17)21(18,19)14-6-2-3-9(13)8-14;/h4-5,7,9H,2-3,6,8,13H2,1H3;1H. The monoisotopic (exact) mass is 351 g/mol. The first-order valence-electron chi connectivity index (χ1n) is 6.44. The number of sulfonamides is 1. The smallest absolute Gasteiger partial charge is 0.293 e. The van der Waals surface area contributed by atoms with Gasteiger partial charge < -0.3 is 10.5 Å². The molecule has 1 aromatic carbocycles. The molecular weight excluding hydrogens is 334 g/mol. The molecule has 0 saturated carbocycles. The van der Waals surface area contributed by atoms with E-state index in [0.717, 1.165) is 12.5 Å². The highest BCUT2D eigenvalue weighted by Gasteiger charge is 2.34. The van der Waals surface area contributed by atoms with Crippen molar-refractivity contribution in [3.05, 3.63) is 28.3 Å².